The smallest absolute Gasteiger partial charge is 0.329 e. The van der Waals surface area contributed by atoms with E-state index in [1.54, 1.807) is 0 Å². The number of imide groups is 1. The van der Waals surface area contributed by atoms with Gasteiger partial charge in [0.2, 0.25) is 5.91 Å². The molecular formula is C24H26N6O9. The highest BCUT2D eigenvalue weighted by Crippen LogP contribution is 2.32. The van der Waals surface area contributed by atoms with Crippen molar-refractivity contribution in [3.63, 3.8) is 0 Å². The molecule has 2 N–H and O–H groups in total. The van der Waals surface area contributed by atoms with E-state index >= 15 is 0 Å². The van der Waals surface area contributed by atoms with E-state index in [-0.39, 0.29) is 47.3 Å². The van der Waals surface area contributed by atoms with Crippen molar-refractivity contribution in [3.05, 3.63) is 72.2 Å². The SMILES string of the molecule is COc1ccc([N+](=O)[O-])cc1Cn1c(=O)n(CC2CCCO2)c2ccc([N+](=O)[O-])c(CC(=O)N(C)C(N)=O)c21. The van der Waals surface area contributed by atoms with E-state index in [9.17, 15) is 34.6 Å². The van der Waals surface area contributed by atoms with Crippen LogP contribution < -0.4 is 16.2 Å². The van der Waals surface area contributed by atoms with Crippen molar-refractivity contribution < 1.29 is 28.9 Å². The number of ether oxygens (including phenoxy) is 2. The van der Waals surface area contributed by atoms with Crippen LogP contribution in [0.2, 0.25) is 0 Å². The third kappa shape index (κ3) is 5.29. The largest absolute Gasteiger partial charge is 0.496 e. The molecule has 0 saturated carbocycles. The number of hydrogen-bond acceptors (Lipinski definition) is 9. The van der Waals surface area contributed by atoms with Gasteiger partial charge < -0.3 is 15.2 Å². The molecule has 1 aliphatic rings. The fraction of sp³-hybridized carbons (Fsp3) is 0.375. The van der Waals surface area contributed by atoms with Crippen molar-refractivity contribution in [3.8, 4) is 5.75 Å². The zero-order chi connectivity index (χ0) is 28.4. The molecule has 3 amide bonds. The van der Waals surface area contributed by atoms with Crippen LogP contribution in [0.15, 0.2) is 35.1 Å². The molecule has 3 aromatic rings. The first-order valence-electron chi connectivity index (χ1n) is 11.9. The average molecular weight is 543 g/mol. The second-order valence-electron chi connectivity index (χ2n) is 9.02. The van der Waals surface area contributed by atoms with Crippen LogP contribution in [0.5, 0.6) is 5.75 Å². The summed E-state index contributed by atoms with van der Waals surface area (Å²) in [4.78, 5) is 61.0. The highest BCUT2D eigenvalue weighted by Gasteiger charge is 2.29. The predicted octanol–water partition coefficient (Wildman–Crippen LogP) is 1.93. The van der Waals surface area contributed by atoms with Crippen LogP contribution in [0.4, 0.5) is 16.2 Å². The minimum atomic E-state index is -1.05. The molecule has 1 aliphatic heterocycles. The highest BCUT2D eigenvalue weighted by atomic mass is 16.6. The minimum absolute atomic E-state index is 0.0759. The number of primary amides is 1. The quantitative estimate of drug-likeness (QED) is 0.310. The van der Waals surface area contributed by atoms with Crippen LogP contribution in [0, 0.1) is 20.2 Å². The van der Waals surface area contributed by atoms with E-state index in [1.165, 1.54) is 46.6 Å². The molecule has 0 spiro atoms. The molecule has 1 saturated heterocycles. The zero-order valence-corrected chi connectivity index (χ0v) is 21.2. The second kappa shape index (κ2) is 10.9. The Kier molecular flexibility index (Phi) is 7.62. The number of amides is 3. The molecule has 1 unspecified atom stereocenters. The number of benzene rings is 2. The molecule has 4 rings (SSSR count). The Hall–Kier alpha value is -4.79. The summed E-state index contributed by atoms with van der Waals surface area (Å²) in [5.74, 6) is -0.569. The van der Waals surface area contributed by atoms with Gasteiger partial charge in [-0.05, 0) is 25.0 Å². The molecule has 1 fully saturated rings. The van der Waals surface area contributed by atoms with Crippen molar-refractivity contribution in [2.45, 2.75) is 38.5 Å². The fourth-order valence-corrected chi connectivity index (χ4v) is 4.70. The first-order valence-corrected chi connectivity index (χ1v) is 11.9. The normalized spacial score (nSPS) is 14.9. The van der Waals surface area contributed by atoms with Gasteiger partial charge in [0.1, 0.15) is 5.75 Å². The van der Waals surface area contributed by atoms with Crippen molar-refractivity contribution in [2.75, 3.05) is 20.8 Å². The lowest BCUT2D eigenvalue weighted by atomic mass is 10.1. The molecule has 206 valence electrons. The Bertz CT molecular complexity index is 1540. The molecular weight excluding hydrogens is 516 g/mol. The summed E-state index contributed by atoms with van der Waals surface area (Å²) < 4.78 is 13.7. The van der Waals surface area contributed by atoms with Gasteiger partial charge in [-0.1, -0.05) is 0 Å². The van der Waals surface area contributed by atoms with Gasteiger partial charge in [0.25, 0.3) is 11.4 Å². The second-order valence-corrected chi connectivity index (χ2v) is 9.02. The van der Waals surface area contributed by atoms with E-state index in [1.807, 2.05) is 0 Å². The Morgan fingerprint density at radius 3 is 2.51 bits per heavy atom. The fourth-order valence-electron chi connectivity index (χ4n) is 4.70. The third-order valence-corrected chi connectivity index (χ3v) is 6.70. The van der Waals surface area contributed by atoms with Crippen LogP contribution in [0.3, 0.4) is 0 Å². The summed E-state index contributed by atoms with van der Waals surface area (Å²) in [5, 5.41) is 23.4. The minimum Gasteiger partial charge on any atom is -0.496 e. The Morgan fingerprint density at radius 1 is 1.18 bits per heavy atom. The van der Waals surface area contributed by atoms with Crippen LogP contribution in [-0.2, 0) is 29.0 Å². The standard InChI is InChI=1S/C24H26N6O9/c1-26(23(25)32)21(31)11-17-18(30(36)37)6-7-19-22(17)28(24(33)27(19)13-16-4-3-9-39-16)12-14-10-15(29(34)35)5-8-20(14)38-2/h5-8,10,16H,3-4,9,11-13H2,1-2H3,(H2,25,32). The number of carbonyl (C=O) groups is 2. The molecule has 0 radical (unpaired) electrons. The van der Waals surface area contributed by atoms with E-state index in [4.69, 9.17) is 15.2 Å². The summed E-state index contributed by atoms with van der Waals surface area (Å²) >= 11 is 0. The molecule has 2 heterocycles. The Labute approximate surface area is 220 Å². The topological polar surface area (TPSA) is 195 Å². The molecule has 0 aliphatic carbocycles. The number of fused-ring (bicyclic) bond motifs is 1. The van der Waals surface area contributed by atoms with Crippen molar-refractivity contribution in [1.82, 2.24) is 14.0 Å². The summed E-state index contributed by atoms with van der Waals surface area (Å²) in [7, 11) is 2.50. The monoisotopic (exact) mass is 542 g/mol. The lowest BCUT2D eigenvalue weighted by Gasteiger charge is -2.14. The van der Waals surface area contributed by atoms with Crippen LogP contribution in [0.25, 0.3) is 11.0 Å². The van der Waals surface area contributed by atoms with Gasteiger partial charge in [-0.15, -0.1) is 0 Å². The first-order chi connectivity index (χ1) is 18.5. The molecule has 39 heavy (non-hydrogen) atoms. The molecule has 0 bridgehead atoms. The van der Waals surface area contributed by atoms with E-state index < -0.39 is 39.6 Å². The number of aromatic nitrogens is 2. The van der Waals surface area contributed by atoms with Crippen LogP contribution in [-0.4, -0.2) is 62.7 Å². The van der Waals surface area contributed by atoms with Crippen molar-refractivity contribution in [1.29, 1.82) is 0 Å². The Balaban J connectivity index is 1.98. The summed E-state index contributed by atoms with van der Waals surface area (Å²) in [6.07, 6.45) is 0.644. The van der Waals surface area contributed by atoms with Crippen LogP contribution in [0.1, 0.15) is 24.0 Å². The summed E-state index contributed by atoms with van der Waals surface area (Å²) in [6, 6.07) is 5.44. The van der Waals surface area contributed by atoms with Crippen LogP contribution >= 0.6 is 0 Å². The van der Waals surface area contributed by atoms with Gasteiger partial charge in [0, 0.05) is 37.4 Å². The van der Waals surface area contributed by atoms with Gasteiger partial charge in [-0.3, -0.25) is 39.1 Å². The molecule has 1 aromatic heterocycles. The molecule has 15 nitrogen and oxygen atoms in total. The van der Waals surface area contributed by atoms with E-state index in [0.717, 1.165) is 13.5 Å². The number of hydrogen-bond donors (Lipinski definition) is 1. The van der Waals surface area contributed by atoms with E-state index in [0.29, 0.717) is 23.4 Å². The number of nitrogens with two attached hydrogens (primary N) is 1. The van der Waals surface area contributed by atoms with E-state index in [2.05, 4.69) is 0 Å². The number of imidazole rings is 1. The molecule has 2 aromatic carbocycles. The highest BCUT2D eigenvalue weighted by molar-refractivity contribution is 5.97. The number of nitro benzene ring substituents is 2. The van der Waals surface area contributed by atoms with Crippen molar-refractivity contribution in [2.24, 2.45) is 5.73 Å². The van der Waals surface area contributed by atoms with Gasteiger partial charge >= 0.3 is 11.7 Å². The molecule has 1 atom stereocenters. The maximum absolute atomic E-state index is 13.8. The number of rotatable bonds is 9. The maximum atomic E-state index is 13.8. The summed E-state index contributed by atoms with van der Waals surface area (Å²) in [6.45, 7) is 0.432. The van der Waals surface area contributed by atoms with Crippen molar-refractivity contribution >= 4 is 34.3 Å². The predicted molar refractivity (Wildman–Crippen MR) is 137 cm³/mol. The lowest BCUT2D eigenvalue weighted by molar-refractivity contribution is -0.385. The van der Waals surface area contributed by atoms with Gasteiger partial charge in [0.05, 0.1) is 59.2 Å². The van der Waals surface area contributed by atoms with Gasteiger partial charge in [0.15, 0.2) is 0 Å². The number of nitrogens with zero attached hydrogens (tertiary/aromatic N) is 5. The number of urea groups is 1. The van der Waals surface area contributed by atoms with Gasteiger partial charge in [-0.25, -0.2) is 9.59 Å². The Morgan fingerprint density at radius 2 is 1.92 bits per heavy atom. The zero-order valence-electron chi connectivity index (χ0n) is 21.2. The number of nitro groups is 2. The number of likely N-dealkylation sites (N-methyl/N-ethyl adjacent to an activating group) is 1. The first kappa shape index (κ1) is 27.3. The number of methoxy groups -OCH3 is 1. The average Bonchev–Trinajstić information content (AvgIpc) is 3.50. The third-order valence-electron chi connectivity index (χ3n) is 6.70. The lowest BCUT2D eigenvalue weighted by Crippen LogP contribution is -2.38. The maximum Gasteiger partial charge on any atom is 0.329 e. The number of non-ortho nitro benzene ring substituents is 1. The summed E-state index contributed by atoms with van der Waals surface area (Å²) in [5.41, 5.74) is 4.50. The molecule has 15 heteroatoms. The van der Waals surface area contributed by atoms with Gasteiger partial charge in [-0.2, -0.15) is 0 Å². The number of carbonyl (C=O) groups excluding carboxylic acids is 2.